The Morgan fingerprint density at radius 1 is 1.37 bits per heavy atom. The van der Waals surface area contributed by atoms with E-state index in [9.17, 15) is 14.7 Å². The number of carboxylic acid groups (broad SMARTS) is 1. The average molecular weight is 325 g/mol. The molecular weight excluding hydrogens is 316 g/mol. The van der Waals surface area contributed by atoms with Gasteiger partial charge in [0.2, 0.25) is 0 Å². The highest BCUT2D eigenvalue weighted by molar-refractivity contribution is 9.10. The van der Waals surface area contributed by atoms with Gasteiger partial charge in [-0.1, -0.05) is 22.0 Å². The number of pyridine rings is 1. The number of carbonyl (C=O) groups is 2. The molecule has 0 aliphatic heterocycles. The van der Waals surface area contributed by atoms with Gasteiger partial charge < -0.3 is 15.5 Å². The molecule has 0 aliphatic carbocycles. The number of aromatic hydroxyl groups is 1. The van der Waals surface area contributed by atoms with Gasteiger partial charge in [-0.05, 0) is 12.1 Å². The molecule has 98 valence electrons. The summed E-state index contributed by atoms with van der Waals surface area (Å²) in [6.45, 7) is -0.531. The maximum Gasteiger partial charge on any atom is 0.322 e. The Labute approximate surface area is 116 Å². The van der Waals surface area contributed by atoms with Gasteiger partial charge in [-0.3, -0.25) is 9.59 Å². The summed E-state index contributed by atoms with van der Waals surface area (Å²) in [6, 6.07) is 5.18. The van der Waals surface area contributed by atoms with Crippen LogP contribution in [0.2, 0.25) is 0 Å². The van der Waals surface area contributed by atoms with E-state index in [1.807, 2.05) is 0 Å². The number of benzene rings is 1. The van der Waals surface area contributed by atoms with Crippen LogP contribution in [0.1, 0.15) is 10.5 Å². The molecule has 6 nitrogen and oxygen atoms in total. The van der Waals surface area contributed by atoms with Crippen molar-refractivity contribution in [3.63, 3.8) is 0 Å². The number of nitrogens with one attached hydrogen (secondary N) is 1. The third kappa shape index (κ3) is 2.82. The maximum absolute atomic E-state index is 11.7. The number of hydrogen-bond acceptors (Lipinski definition) is 4. The normalized spacial score (nSPS) is 10.4. The van der Waals surface area contributed by atoms with Crippen molar-refractivity contribution in [2.45, 2.75) is 0 Å². The molecule has 0 unspecified atom stereocenters. The second-order valence-electron chi connectivity index (χ2n) is 3.76. The van der Waals surface area contributed by atoms with Crippen molar-refractivity contribution in [3.8, 4) is 5.75 Å². The number of aromatic nitrogens is 1. The monoisotopic (exact) mass is 324 g/mol. The number of carboxylic acids is 1. The third-order valence-electron chi connectivity index (χ3n) is 2.44. The Morgan fingerprint density at radius 2 is 2.11 bits per heavy atom. The molecule has 0 atom stereocenters. The smallest absolute Gasteiger partial charge is 0.322 e. The van der Waals surface area contributed by atoms with Crippen LogP contribution in [0, 0.1) is 0 Å². The Morgan fingerprint density at radius 3 is 2.79 bits per heavy atom. The van der Waals surface area contributed by atoms with Crippen molar-refractivity contribution in [2.24, 2.45) is 0 Å². The largest absolute Gasteiger partial charge is 0.505 e. The Hall–Kier alpha value is -2.15. The summed E-state index contributed by atoms with van der Waals surface area (Å²) in [5, 5.41) is 21.8. The highest BCUT2D eigenvalue weighted by atomic mass is 79.9. The molecule has 1 heterocycles. The van der Waals surface area contributed by atoms with Crippen LogP contribution in [-0.4, -0.2) is 33.6 Å². The molecule has 0 aliphatic rings. The first-order chi connectivity index (χ1) is 8.99. The van der Waals surface area contributed by atoms with E-state index in [4.69, 9.17) is 5.11 Å². The van der Waals surface area contributed by atoms with Crippen molar-refractivity contribution in [1.82, 2.24) is 10.3 Å². The number of rotatable bonds is 3. The van der Waals surface area contributed by atoms with Crippen LogP contribution < -0.4 is 5.32 Å². The summed E-state index contributed by atoms with van der Waals surface area (Å²) in [6.07, 6.45) is 1.44. The highest BCUT2D eigenvalue weighted by Gasteiger charge is 2.16. The number of amides is 1. The van der Waals surface area contributed by atoms with Crippen LogP contribution in [-0.2, 0) is 4.79 Å². The van der Waals surface area contributed by atoms with Gasteiger partial charge in [0.1, 0.15) is 6.54 Å². The van der Waals surface area contributed by atoms with E-state index < -0.39 is 18.4 Å². The van der Waals surface area contributed by atoms with E-state index in [1.165, 1.54) is 6.20 Å². The van der Waals surface area contributed by atoms with Gasteiger partial charge in [0.15, 0.2) is 11.4 Å². The molecule has 19 heavy (non-hydrogen) atoms. The molecular formula is C12H9BrN2O4. The topological polar surface area (TPSA) is 99.5 Å². The predicted molar refractivity (Wildman–Crippen MR) is 71.1 cm³/mol. The van der Waals surface area contributed by atoms with Crippen LogP contribution >= 0.6 is 15.9 Å². The number of hydrogen-bond donors (Lipinski definition) is 3. The van der Waals surface area contributed by atoms with Crippen molar-refractivity contribution in [2.75, 3.05) is 6.54 Å². The van der Waals surface area contributed by atoms with Gasteiger partial charge >= 0.3 is 5.97 Å². The van der Waals surface area contributed by atoms with E-state index in [0.717, 1.165) is 4.47 Å². The van der Waals surface area contributed by atoms with Crippen molar-refractivity contribution in [3.05, 3.63) is 34.6 Å². The molecule has 7 heteroatoms. The van der Waals surface area contributed by atoms with Gasteiger partial charge in [-0.25, -0.2) is 4.98 Å². The number of fused-ring (bicyclic) bond motifs is 1. The van der Waals surface area contributed by atoms with E-state index in [2.05, 4.69) is 26.2 Å². The zero-order chi connectivity index (χ0) is 14.0. The maximum atomic E-state index is 11.7. The van der Waals surface area contributed by atoms with Gasteiger partial charge in [-0.15, -0.1) is 0 Å². The molecule has 1 aromatic heterocycles. The third-order valence-corrected chi connectivity index (χ3v) is 2.94. The molecule has 0 radical (unpaired) electrons. The van der Waals surface area contributed by atoms with Gasteiger partial charge in [0.25, 0.3) is 5.91 Å². The van der Waals surface area contributed by atoms with Crippen LogP contribution in [0.15, 0.2) is 28.9 Å². The number of carbonyl (C=O) groups excluding carboxylic acids is 1. The summed E-state index contributed by atoms with van der Waals surface area (Å²) < 4.78 is 0.749. The Bertz CT molecular complexity index is 672. The second kappa shape index (κ2) is 5.23. The van der Waals surface area contributed by atoms with E-state index in [-0.39, 0.29) is 11.4 Å². The standard InChI is InChI=1S/C12H9BrN2O4/c13-7-2-1-6-4-14-10(11(18)8(6)3-7)12(19)15-5-9(16)17/h1-4,18H,5H2,(H,15,19)(H,16,17). The zero-order valence-corrected chi connectivity index (χ0v) is 11.1. The van der Waals surface area contributed by atoms with Gasteiger partial charge in [-0.2, -0.15) is 0 Å². The lowest BCUT2D eigenvalue weighted by Crippen LogP contribution is -2.29. The average Bonchev–Trinajstić information content (AvgIpc) is 2.37. The van der Waals surface area contributed by atoms with Gasteiger partial charge in [0.05, 0.1) is 0 Å². The van der Waals surface area contributed by atoms with Crippen molar-refractivity contribution < 1.29 is 19.8 Å². The second-order valence-corrected chi connectivity index (χ2v) is 4.68. The summed E-state index contributed by atoms with van der Waals surface area (Å²) in [7, 11) is 0. The highest BCUT2D eigenvalue weighted by Crippen LogP contribution is 2.29. The van der Waals surface area contributed by atoms with E-state index in [0.29, 0.717) is 10.8 Å². The number of aliphatic carboxylic acids is 1. The molecule has 0 saturated carbocycles. The molecule has 0 saturated heterocycles. The minimum Gasteiger partial charge on any atom is -0.505 e. The molecule has 0 spiro atoms. The lowest BCUT2D eigenvalue weighted by Gasteiger charge is -2.07. The summed E-state index contributed by atoms with van der Waals surface area (Å²) in [5.41, 5.74) is -0.202. The van der Waals surface area contributed by atoms with E-state index >= 15 is 0 Å². The SMILES string of the molecule is O=C(O)CNC(=O)c1ncc2ccc(Br)cc2c1O. The fourth-order valence-electron chi connectivity index (χ4n) is 1.57. The van der Waals surface area contributed by atoms with E-state index in [1.54, 1.807) is 18.2 Å². The molecule has 1 aromatic carbocycles. The quantitative estimate of drug-likeness (QED) is 0.794. The minimum atomic E-state index is -1.17. The molecule has 2 rings (SSSR count). The fourth-order valence-corrected chi connectivity index (χ4v) is 1.94. The van der Waals surface area contributed by atoms with Crippen LogP contribution in [0.25, 0.3) is 10.8 Å². The van der Waals surface area contributed by atoms with Crippen LogP contribution in [0.3, 0.4) is 0 Å². The predicted octanol–water partition coefficient (Wildman–Crippen LogP) is 1.52. The van der Waals surface area contributed by atoms with Crippen LogP contribution in [0.4, 0.5) is 0 Å². The first-order valence-electron chi connectivity index (χ1n) is 5.26. The lowest BCUT2D eigenvalue weighted by molar-refractivity contribution is -0.135. The van der Waals surface area contributed by atoms with Gasteiger partial charge in [0, 0.05) is 21.4 Å². The lowest BCUT2D eigenvalue weighted by atomic mass is 10.1. The molecule has 2 aromatic rings. The summed E-state index contributed by atoms with van der Waals surface area (Å²) in [5.74, 6) is -2.18. The molecule has 0 bridgehead atoms. The Kier molecular flexibility index (Phi) is 3.66. The molecule has 3 N–H and O–H groups in total. The van der Waals surface area contributed by atoms with Crippen molar-refractivity contribution in [1.29, 1.82) is 0 Å². The molecule has 0 fully saturated rings. The Balaban J connectivity index is 2.41. The minimum absolute atomic E-state index is 0.202. The summed E-state index contributed by atoms with van der Waals surface area (Å²) in [4.78, 5) is 25.9. The van der Waals surface area contributed by atoms with Crippen molar-refractivity contribution >= 4 is 38.6 Å². The molecule has 1 amide bonds. The zero-order valence-electron chi connectivity index (χ0n) is 9.55. The number of halogens is 1. The van der Waals surface area contributed by atoms with Crippen LogP contribution in [0.5, 0.6) is 5.75 Å². The number of nitrogens with zero attached hydrogens (tertiary/aromatic N) is 1. The first-order valence-corrected chi connectivity index (χ1v) is 6.05. The first kappa shape index (κ1) is 13.3. The fraction of sp³-hybridized carbons (Fsp3) is 0.0833. The summed E-state index contributed by atoms with van der Waals surface area (Å²) >= 11 is 3.27.